The maximum absolute atomic E-state index is 12.9. The Morgan fingerprint density at radius 1 is 1.59 bits per heavy atom. The maximum Gasteiger partial charge on any atom is 0.231 e. The van der Waals surface area contributed by atoms with Crippen LogP contribution in [-0.4, -0.2) is 12.5 Å². The maximum atomic E-state index is 12.9. The van der Waals surface area contributed by atoms with Crippen molar-refractivity contribution in [2.75, 3.05) is 11.9 Å². The second-order valence-electron chi connectivity index (χ2n) is 4.34. The van der Waals surface area contributed by atoms with Gasteiger partial charge in [-0.25, -0.2) is 4.39 Å². The Hall–Kier alpha value is -1.93. The van der Waals surface area contributed by atoms with Gasteiger partial charge in [0.25, 0.3) is 0 Å². The van der Waals surface area contributed by atoms with Gasteiger partial charge in [0.2, 0.25) is 5.91 Å². The van der Waals surface area contributed by atoms with E-state index in [2.05, 4.69) is 5.32 Å². The van der Waals surface area contributed by atoms with E-state index in [-0.39, 0.29) is 18.0 Å². The van der Waals surface area contributed by atoms with Crippen LogP contribution in [-0.2, 0) is 4.79 Å². The van der Waals surface area contributed by atoms with Crippen LogP contribution in [0.4, 0.5) is 10.1 Å². The van der Waals surface area contributed by atoms with Crippen molar-refractivity contribution in [1.29, 1.82) is 5.26 Å². The number of rotatable bonds is 3. The lowest BCUT2D eigenvalue weighted by Crippen LogP contribution is -2.37. The second-order valence-corrected chi connectivity index (χ2v) is 4.34. The predicted molar refractivity (Wildman–Crippen MR) is 62.6 cm³/mol. The summed E-state index contributed by atoms with van der Waals surface area (Å²) in [5, 5.41) is 11.4. The van der Waals surface area contributed by atoms with Gasteiger partial charge in [-0.05, 0) is 32.0 Å². The summed E-state index contributed by atoms with van der Waals surface area (Å²) in [5.41, 5.74) is 5.12. The SMILES string of the molecule is CC(C)(CN)C(=O)Nc1ccc(F)cc1C#N. The monoisotopic (exact) mass is 235 g/mol. The summed E-state index contributed by atoms with van der Waals surface area (Å²) in [7, 11) is 0. The molecule has 1 rings (SSSR count). The first kappa shape index (κ1) is 13.1. The molecule has 0 aliphatic carbocycles. The summed E-state index contributed by atoms with van der Waals surface area (Å²) in [6, 6.07) is 5.45. The van der Waals surface area contributed by atoms with Crippen molar-refractivity contribution in [1.82, 2.24) is 0 Å². The molecule has 0 aliphatic heterocycles. The first-order chi connectivity index (χ1) is 7.90. The quantitative estimate of drug-likeness (QED) is 0.835. The molecule has 0 unspecified atom stereocenters. The van der Waals surface area contributed by atoms with Crippen LogP contribution in [0.25, 0.3) is 0 Å². The van der Waals surface area contributed by atoms with Gasteiger partial charge in [-0.3, -0.25) is 4.79 Å². The lowest BCUT2D eigenvalue weighted by molar-refractivity contribution is -0.123. The van der Waals surface area contributed by atoms with Crippen LogP contribution in [0, 0.1) is 22.6 Å². The molecule has 1 amide bonds. The molecule has 0 fully saturated rings. The van der Waals surface area contributed by atoms with E-state index in [0.29, 0.717) is 5.69 Å². The molecular formula is C12H14FN3O. The first-order valence-electron chi connectivity index (χ1n) is 5.12. The average molecular weight is 235 g/mol. The van der Waals surface area contributed by atoms with Gasteiger partial charge in [0.15, 0.2) is 0 Å². The zero-order chi connectivity index (χ0) is 13.1. The molecule has 17 heavy (non-hydrogen) atoms. The zero-order valence-corrected chi connectivity index (χ0v) is 9.75. The van der Waals surface area contributed by atoms with Crippen LogP contribution >= 0.6 is 0 Å². The third kappa shape index (κ3) is 3.02. The number of nitrogens with zero attached hydrogens (tertiary/aromatic N) is 1. The van der Waals surface area contributed by atoms with Crippen molar-refractivity contribution in [3.8, 4) is 6.07 Å². The number of hydrogen-bond acceptors (Lipinski definition) is 3. The predicted octanol–water partition coefficient (Wildman–Crippen LogP) is 1.62. The number of anilines is 1. The smallest absolute Gasteiger partial charge is 0.231 e. The molecule has 0 heterocycles. The number of nitriles is 1. The molecule has 4 nitrogen and oxygen atoms in total. The molecule has 0 saturated heterocycles. The van der Waals surface area contributed by atoms with Crippen LogP contribution in [0.5, 0.6) is 0 Å². The topological polar surface area (TPSA) is 78.9 Å². The Bertz CT molecular complexity index is 477. The van der Waals surface area contributed by atoms with E-state index in [9.17, 15) is 9.18 Å². The van der Waals surface area contributed by atoms with Crippen molar-refractivity contribution in [3.05, 3.63) is 29.6 Å². The number of nitrogens with one attached hydrogen (secondary N) is 1. The van der Waals surface area contributed by atoms with Crippen molar-refractivity contribution >= 4 is 11.6 Å². The Morgan fingerprint density at radius 3 is 2.76 bits per heavy atom. The summed E-state index contributed by atoms with van der Waals surface area (Å²) in [6.07, 6.45) is 0. The second kappa shape index (κ2) is 4.93. The molecule has 5 heteroatoms. The van der Waals surface area contributed by atoms with E-state index in [0.717, 1.165) is 6.07 Å². The third-order valence-corrected chi connectivity index (χ3v) is 2.48. The van der Waals surface area contributed by atoms with E-state index < -0.39 is 11.2 Å². The number of amides is 1. The number of hydrogen-bond donors (Lipinski definition) is 2. The molecule has 1 aromatic carbocycles. The molecule has 1 aromatic rings. The summed E-state index contributed by atoms with van der Waals surface area (Å²) < 4.78 is 12.9. The van der Waals surface area contributed by atoms with Gasteiger partial charge in [-0.2, -0.15) is 5.26 Å². The Labute approximate surface area is 99.2 Å². The standard InChI is InChI=1S/C12H14FN3O/c1-12(2,7-15)11(17)16-10-4-3-9(13)5-8(10)6-14/h3-5H,7,15H2,1-2H3,(H,16,17). The van der Waals surface area contributed by atoms with Crippen LogP contribution in [0.3, 0.4) is 0 Å². The number of carbonyl (C=O) groups is 1. The van der Waals surface area contributed by atoms with Crippen molar-refractivity contribution in [2.24, 2.45) is 11.1 Å². The molecular weight excluding hydrogens is 221 g/mol. The molecule has 0 saturated carbocycles. The Morgan fingerprint density at radius 2 is 2.24 bits per heavy atom. The molecule has 0 atom stereocenters. The third-order valence-electron chi connectivity index (χ3n) is 2.48. The zero-order valence-electron chi connectivity index (χ0n) is 9.75. The molecule has 0 radical (unpaired) electrons. The van der Waals surface area contributed by atoms with E-state index in [1.807, 2.05) is 6.07 Å². The number of carbonyl (C=O) groups excluding carboxylic acids is 1. The van der Waals surface area contributed by atoms with Gasteiger partial charge in [0.1, 0.15) is 11.9 Å². The number of benzene rings is 1. The fraction of sp³-hybridized carbons (Fsp3) is 0.333. The minimum Gasteiger partial charge on any atom is -0.329 e. The number of nitrogens with two attached hydrogens (primary N) is 1. The van der Waals surface area contributed by atoms with Gasteiger partial charge in [0.05, 0.1) is 16.7 Å². The van der Waals surface area contributed by atoms with Crippen LogP contribution < -0.4 is 11.1 Å². The molecule has 0 aliphatic rings. The van der Waals surface area contributed by atoms with E-state index in [1.165, 1.54) is 12.1 Å². The van der Waals surface area contributed by atoms with Crippen molar-refractivity contribution < 1.29 is 9.18 Å². The minimum atomic E-state index is -0.735. The molecule has 3 N–H and O–H groups in total. The molecule has 0 spiro atoms. The lowest BCUT2D eigenvalue weighted by Gasteiger charge is -2.21. The van der Waals surface area contributed by atoms with Gasteiger partial charge >= 0.3 is 0 Å². The van der Waals surface area contributed by atoms with Crippen LogP contribution in [0.1, 0.15) is 19.4 Å². The van der Waals surface area contributed by atoms with Gasteiger partial charge in [0, 0.05) is 6.54 Å². The number of halogens is 1. The fourth-order valence-electron chi connectivity index (χ4n) is 1.10. The van der Waals surface area contributed by atoms with Gasteiger partial charge in [-0.15, -0.1) is 0 Å². The van der Waals surface area contributed by atoms with Gasteiger partial charge in [-0.1, -0.05) is 0 Å². The van der Waals surface area contributed by atoms with Gasteiger partial charge < -0.3 is 11.1 Å². The van der Waals surface area contributed by atoms with E-state index in [1.54, 1.807) is 13.8 Å². The van der Waals surface area contributed by atoms with Crippen LogP contribution in [0.15, 0.2) is 18.2 Å². The largest absolute Gasteiger partial charge is 0.329 e. The highest BCUT2D eigenvalue weighted by molar-refractivity contribution is 5.96. The summed E-state index contributed by atoms with van der Waals surface area (Å²) >= 11 is 0. The molecule has 0 aromatic heterocycles. The van der Waals surface area contributed by atoms with Crippen molar-refractivity contribution in [2.45, 2.75) is 13.8 Å². The fourth-order valence-corrected chi connectivity index (χ4v) is 1.10. The highest BCUT2D eigenvalue weighted by Gasteiger charge is 2.26. The Balaban J connectivity index is 2.97. The summed E-state index contributed by atoms with van der Waals surface area (Å²) in [6.45, 7) is 3.57. The minimum absolute atomic E-state index is 0.0890. The van der Waals surface area contributed by atoms with E-state index >= 15 is 0 Å². The summed E-state index contributed by atoms with van der Waals surface area (Å²) in [5.74, 6) is -0.819. The normalized spacial score (nSPS) is 10.8. The van der Waals surface area contributed by atoms with Crippen molar-refractivity contribution in [3.63, 3.8) is 0 Å². The lowest BCUT2D eigenvalue weighted by atomic mass is 9.92. The Kier molecular flexibility index (Phi) is 3.81. The van der Waals surface area contributed by atoms with E-state index in [4.69, 9.17) is 11.0 Å². The molecule has 90 valence electrons. The highest BCUT2D eigenvalue weighted by Crippen LogP contribution is 2.20. The average Bonchev–Trinajstić information content (AvgIpc) is 2.31. The molecule has 0 bridgehead atoms. The first-order valence-corrected chi connectivity index (χ1v) is 5.12. The highest BCUT2D eigenvalue weighted by atomic mass is 19.1. The summed E-state index contributed by atoms with van der Waals surface area (Å²) in [4.78, 5) is 11.8. The van der Waals surface area contributed by atoms with Crippen LogP contribution in [0.2, 0.25) is 0 Å².